The third kappa shape index (κ3) is 4.47. The number of thioether (sulfide) groups is 1. The summed E-state index contributed by atoms with van der Waals surface area (Å²) in [5, 5.41) is 5.04. The van der Waals surface area contributed by atoms with E-state index in [0.717, 1.165) is 22.5 Å². The lowest BCUT2D eigenvalue weighted by molar-refractivity contribution is -0.120. The molecule has 23 heavy (non-hydrogen) atoms. The van der Waals surface area contributed by atoms with E-state index in [4.69, 9.17) is 0 Å². The van der Waals surface area contributed by atoms with E-state index in [1.165, 1.54) is 43.9 Å². The number of carbonyl (C=O) groups is 1. The van der Waals surface area contributed by atoms with Gasteiger partial charge in [0, 0.05) is 11.9 Å². The van der Waals surface area contributed by atoms with Gasteiger partial charge in [-0.2, -0.15) is 0 Å². The summed E-state index contributed by atoms with van der Waals surface area (Å²) in [6.45, 7) is 2.78. The van der Waals surface area contributed by atoms with Crippen molar-refractivity contribution in [3.63, 3.8) is 0 Å². The normalized spacial score (nSPS) is 17.1. The maximum absolute atomic E-state index is 12.3. The van der Waals surface area contributed by atoms with Crippen LogP contribution < -0.4 is 5.32 Å². The fraction of sp³-hybridized carbons (Fsp3) is 0.474. The maximum Gasteiger partial charge on any atom is 0.233 e. The molecule has 4 heteroatoms. The van der Waals surface area contributed by atoms with Crippen LogP contribution in [0, 0.1) is 5.92 Å². The van der Waals surface area contributed by atoms with Crippen LogP contribution in [0.5, 0.6) is 0 Å². The summed E-state index contributed by atoms with van der Waals surface area (Å²) in [6.07, 6.45) is 6.49. The molecule has 1 atom stereocenters. The summed E-state index contributed by atoms with van der Waals surface area (Å²) in [6, 6.07) is 12.1. The zero-order chi connectivity index (χ0) is 16.1. The van der Waals surface area contributed by atoms with Gasteiger partial charge in [-0.3, -0.25) is 4.79 Å². The predicted octanol–water partition coefficient (Wildman–Crippen LogP) is 4.41. The van der Waals surface area contributed by atoms with E-state index in [1.54, 1.807) is 0 Å². The van der Waals surface area contributed by atoms with Crippen LogP contribution in [0.25, 0.3) is 10.9 Å². The van der Waals surface area contributed by atoms with Crippen molar-refractivity contribution in [1.29, 1.82) is 0 Å². The average Bonchev–Trinajstić information content (AvgIpc) is 2.60. The summed E-state index contributed by atoms with van der Waals surface area (Å²) in [5.41, 5.74) is 0.979. The van der Waals surface area contributed by atoms with Gasteiger partial charge in [0.05, 0.1) is 15.8 Å². The van der Waals surface area contributed by atoms with E-state index >= 15 is 0 Å². The van der Waals surface area contributed by atoms with Gasteiger partial charge >= 0.3 is 0 Å². The van der Waals surface area contributed by atoms with E-state index in [1.807, 2.05) is 31.2 Å². The summed E-state index contributed by atoms with van der Waals surface area (Å²) >= 11 is 1.53. The fourth-order valence-corrected chi connectivity index (χ4v) is 3.98. The van der Waals surface area contributed by atoms with Crippen molar-refractivity contribution in [2.24, 2.45) is 5.92 Å². The number of pyridine rings is 1. The highest BCUT2D eigenvalue weighted by atomic mass is 32.2. The minimum atomic E-state index is -0.118. The van der Waals surface area contributed by atoms with E-state index in [-0.39, 0.29) is 11.2 Å². The summed E-state index contributed by atoms with van der Waals surface area (Å²) < 4.78 is 0. The summed E-state index contributed by atoms with van der Waals surface area (Å²) in [7, 11) is 0. The number of amides is 1. The number of benzene rings is 1. The topological polar surface area (TPSA) is 42.0 Å². The molecule has 0 bridgehead atoms. The quantitative estimate of drug-likeness (QED) is 0.827. The molecule has 1 saturated carbocycles. The monoisotopic (exact) mass is 328 g/mol. The second-order valence-corrected chi connectivity index (χ2v) is 7.71. The third-order valence-corrected chi connectivity index (χ3v) is 5.57. The van der Waals surface area contributed by atoms with Crippen LogP contribution in [0.15, 0.2) is 41.4 Å². The molecule has 1 heterocycles. The summed E-state index contributed by atoms with van der Waals surface area (Å²) in [4.78, 5) is 16.9. The standard InChI is InChI=1S/C19H24N2OS/c1-14(19(22)20-13-15-7-3-2-4-8-15)23-18-12-11-16-9-5-6-10-17(16)21-18/h5-6,9-12,14-15H,2-4,7-8,13H2,1H3,(H,20,22). The number of aromatic nitrogens is 1. The van der Waals surface area contributed by atoms with Gasteiger partial charge < -0.3 is 5.32 Å². The van der Waals surface area contributed by atoms with Gasteiger partial charge in [-0.15, -0.1) is 0 Å². The van der Waals surface area contributed by atoms with Crippen molar-refractivity contribution in [1.82, 2.24) is 10.3 Å². The van der Waals surface area contributed by atoms with Gasteiger partial charge in [0.1, 0.15) is 0 Å². The molecular weight excluding hydrogens is 304 g/mol. The number of hydrogen-bond acceptors (Lipinski definition) is 3. The molecule has 1 amide bonds. The molecule has 1 unspecified atom stereocenters. The van der Waals surface area contributed by atoms with E-state index in [2.05, 4.69) is 22.4 Å². The molecule has 1 aromatic carbocycles. The van der Waals surface area contributed by atoms with Crippen molar-refractivity contribution in [3.8, 4) is 0 Å². The second-order valence-electron chi connectivity index (χ2n) is 6.35. The van der Waals surface area contributed by atoms with Crippen LogP contribution >= 0.6 is 11.8 Å². The molecule has 0 saturated heterocycles. The van der Waals surface area contributed by atoms with Crippen LogP contribution in [0.3, 0.4) is 0 Å². The Labute approximate surface area is 142 Å². The Hall–Kier alpha value is -1.55. The molecule has 3 rings (SSSR count). The molecule has 3 nitrogen and oxygen atoms in total. The van der Waals surface area contributed by atoms with Crippen LogP contribution in [0.1, 0.15) is 39.0 Å². The number of fused-ring (bicyclic) bond motifs is 1. The Morgan fingerprint density at radius 3 is 2.83 bits per heavy atom. The molecule has 1 fully saturated rings. The van der Waals surface area contributed by atoms with Gasteiger partial charge in [0.25, 0.3) is 0 Å². The van der Waals surface area contributed by atoms with E-state index in [0.29, 0.717) is 5.92 Å². The highest BCUT2D eigenvalue weighted by molar-refractivity contribution is 8.00. The minimum Gasteiger partial charge on any atom is -0.355 e. The number of para-hydroxylation sites is 1. The Bertz CT molecular complexity index is 667. The molecule has 0 spiro atoms. The molecule has 2 aromatic rings. The number of rotatable bonds is 5. The van der Waals surface area contributed by atoms with Crippen molar-refractivity contribution in [3.05, 3.63) is 36.4 Å². The summed E-state index contributed by atoms with van der Waals surface area (Å²) in [5.74, 6) is 0.791. The Balaban J connectivity index is 1.54. The minimum absolute atomic E-state index is 0.118. The van der Waals surface area contributed by atoms with Crippen molar-refractivity contribution >= 4 is 28.6 Å². The van der Waals surface area contributed by atoms with Gasteiger partial charge in [-0.1, -0.05) is 55.3 Å². The Morgan fingerprint density at radius 2 is 2.00 bits per heavy atom. The Morgan fingerprint density at radius 1 is 1.22 bits per heavy atom. The van der Waals surface area contributed by atoms with Gasteiger partial charge in [0.15, 0.2) is 0 Å². The van der Waals surface area contributed by atoms with Crippen LogP contribution in [0.2, 0.25) is 0 Å². The smallest absolute Gasteiger partial charge is 0.233 e. The van der Waals surface area contributed by atoms with Crippen LogP contribution in [-0.4, -0.2) is 22.7 Å². The zero-order valence-electron chi connectivity index (χ0n) is 13.6. The first-order chi connectivity index (χ1) is 11.2. The van der Waals surface area contributed by atoms with Crippen molar-refractivity contribution in [2.75, 3.05) is 6.54 Å². The molecule has 0 aliphatic heterocycles. The average molecular weight is 328 g/mol. The molecule has 1 aromatic heterocycles. The molecule has 1 aliphatic carbocycles. The number of hydrogen-bond donors (Lipinski definition) is 1. The van der Waals surface area contributed by atoms with Crippen LogP contribution in [-0.2, 0) is 4.79 Å². The van der Waals surface area contributed by atoms with Gasteiger partial charge in [-0.05, 0) is 37.8 Å². The molecular formula is C19H24N2OS. The SMILES string of the molecule is CC(Sc1ccc2ccccc2n1)C(=O)NCC1CCCCC1. The number of nitrogens with zero attached hydrogens (tertiary/aromatic N) is 1. The molecule has 122 valence electrons. The lowest BCUT2D eigenvalue weighted by atomic mass is 9.89. The van der Waals surface area contributed by atoms with Gasteiger partial charge in [-0.25, -0.2) is 4.98 Å². The number of nitrogens with one attached hydrogen (secondary N) is 1. The number of carbonyl (C=O) groups excluding carboxylic acids is 1. The van der Waals surface area contributed by atoms with Gasteiger partial charge in [0.2, 0.25) is 5.91 Å². The first-order valence-electron chi connectivity index (χ1n) is 8.52. The van der Waals surface area contributed by atoms with Crippen molar-refractivity contribution < 1.29 is 4.79 Å². The molecule has 1 N–H and O–H groups in total. The highest BCUT2D eigenvalue weighted by Crippen LogP contribution is 2.25. The van der Waals surface area contributed by atoms with E-state index < -0.39 is 0 Å². The van der Waals surface area contributed by atoms with Crippen LogP contribution in [0.4, 0.5) is 0 Å². The predicted molar refractivity (Wildman–Crippen MR) is 96.6 cm³/mol. The first kappa shape index (κ1) is 16.3. The lowest BCUT2D eigenvalue weighted by Gasteiger charge is -2.22. The molecule has 1 aliphatic rings. The fourth-order valence-electron chi connectivity index (χ4n) is 3.13. The highest BCUT2D eigenvalue weighted by Gasteiger charge is 2.18. The second kappa shape index (κ2) is 7.82. The largest absolute Gasteiger partial charge is 0.355 e. The lowest BCUT2D eigenvalue weighted by Crippen LogP contribution is -2.35. The Kier molecular flexibility index (Phi) is 5.55. The van der Waals surface area contributed by atoms with E-state index in [9.17, 15) is 4.79 Å². The maximum atomic E-state index is 12.3. The third-order valence-electron chi connectivity index (χ3n) is 4.53. The van der Waals surface area contributed by atoms with Crippen molar-refractivity contribution in [2.45, 2.75) is 49.3 Å². The zero-order valence-corrected chi connectivity index (χ0v) is 14.4. The molecule has 0 radical (unpaired) electrons. The first-order valence-corrected chi connectivity index (χ1v) is 9.40.